The molecule has 3 N–H and O–H groups in total. The number of carbonyl (C=O) groups excluding carboxylic acids is 1. The van der Waals surface area contributed by atoms with Gasteiger partial charge in [0, 0.05) is 43.1 Å². The third kappa shape index (κ3) is 8.47. The van der Waals surface area contributed by atoms with Gasteiger partial charge in [0.15, 0.2) is 0 Å². The number of likely N-dealkylation sites (tertiary alicyclic amines) is 1. The summed E-state index contributed by atoms with van der Waals surface area (Å²) in [4.78, 5) is 17.9. The number of hydrogen-bond acceptors (Lipinski definition) is 6. The lowest BCUT2D eigenvalue weighted by molar-refractivity contribution is 0.117. The van der Waals surface area contributed by atoms with Crippen molar-refractivity contribution in [2.24, 2.45) is 0 Å². The third-order valence-corrected chi connectivity index (χ3v) is 8.53. The van der Waals surface area contributed by atoms with Crippen molar-refractivity contribution in [1.29, 1.82) is 0 Å². The smallest absolute Gasteiger partial charge is 0.322 e. The van der Waals surface area contributed by atoms with Crippen LogP contribution in [0.1, 0.15) is 44.1 Å². The van der Waals surface area contributed by atoms with E-state index >= 15 is 0 Å². The number of nitrogens with one attached hydrogen (secondary N) is 2. The van der Waals surface area contributed by atoms with Gasteiger partial charge in [0.2, 0.25) is 10.0 Å². The number of ether oxygens (including phenoxy) is 1. The molecule has 2 amide bonds. The van der Waals surface area contributed by atoms with Gasteiger partial charge in [0.25, 0.3) is 0 Å². The molecule has 0 spiro atoms. The number of carbonyl (C=O) groups is 1. The van der Waals surface area contributed by atoms with Crippen molar-refractivity contribution in [1.82, 2.24) is 10.2 Å². The van der Waals surface area contributed by atoms with Crippen LogP contribution in [0.5, 0.6) is 11.5 Å². The van der Waals surface area contributed by atoms with Crippen molar-refractivity contribution in [3.8, 4) is 11.5 Å². The van der Waals surface area contributed by atoms with Crippen molar-refractivity contribution in [3.05, 3.63) is 84.4 Å². The van der Waals surface area contributed by atoms with Crippen LogP contribution >= 0.6 is 0 Å². The molecule has 0 atom stereocenters. The molecule has 0 unspecified atom stereocenters. The standard InChI is InChI=1S/C32H40N4O5S/c1-42(39,40)34-26-11-17-31(18-12-26)41-30-15-7-24(8-16-30)23-35-21-19-28(20-22-35)36(27-5-3-2-4-6-27)32(38)33-25-9-13-29(37)14-10-25/h2-8,11-12,15-18,25,28-29,34,37H,9-10,13-14,19-23H2,1H3,(H,33,38). The summed E-state index contributed by atoms with van der Waals surface area (Å²) in [6, 6.07) is 24.9. The number of para-hydroxylation sites is 1. The van der Waals surface area contributed by atoms with Gasteiger partial charge in [-0.05, 0) is 92.6 Å². The second kappa shape index (κ2) is 13.6. The number of nitrogens with zero attached hydrogens (tertiary/aromatic N) is 2. The lowest BCUT2D eigenvalue weighted by Gasteiger charge is -2.39. The number of hydrogen-bond donors (Lipinski definition) is 3. The Labute approximate surface area is 248 Å². The van der Waals surface area contributed by atoms with Gasteiger partial charge < -0.3 is 15.2 Å². The Morgan fingerprint density at radius 3 is 2.07 bits per heavy atom. The molecule has 10 heteroatoms. The molecule has 1 heterocycles. The molecule has 3 aromatic carbocycles. The van der Waals surface area contributed by atoms with Crippen molar-refractivity contribution < 1.29 is 23.1 Å². The molecule has 9 nitrogen and oxygen atoms in total. The predicted octanol–water partition coefficient (Wildman–Crippen LogP) is 5.33. The van der Waals surface area contributed by atoms with Crippen molar-refractivity contribution in [3.63, 3.8) is 0 Å². The summed E-state index contributed by atoms with van der Waals surface area (Å²) in [6.07, 6.45) is 5.74. The van der Waals surface area contributed by atoms with Crippen LogP contribution in [0.4, 0.5) is 16.2 Å². The Morgan fingerprint density at radius 1 is 0.881 bits per heavy atom. The molecule has 42 heavy (non-hydrogen) atoms. The Morgan fingerprint density at radius 2 is 1.48 bits per heavy atom. The first-order valence-corrected chi connectivity index (χ1v) is 16.5. The van der Waals surface area contributed by atoms with Gasteiger partial charge >= 0.3 is 6.03 Å². The molecule has 1 aliphatic heterocycles. The number of aliphatic hydroxyl groups excluding tert-OH is 1. The fraction of sp³-hybridized carbons (Fsp3) is 0.406. The normalized spacial score (nSPS) is 20.0. The summed E-state index contributed by atoms with van der Waals surface area (Å²) >= 11 is 0. The summed E-state index contributed by atoms with van der Waals surface area (Å²) in [6.45, 7) is 2.60. The van der Waals surface area contributed by atoms with Crippen LogP contribution in [0.3, 0.4) is 0 Å². The van der Waals surface area contributed by atoms with E-state index in [-0.39, 0.29) is 24.2 Å². The first-order valence-electron chi connectivity index (χ1n) is 14.6. The first-order chi connectivity index (χ1) is 20.2. The SMILES string of the molecule is CS(=O)(=O)Nc1ccc(Oc2ccc(CN3CCC(N(C(=O)NC4CCC(O)CC4)c4ccccc4)CC3)cc2)cc1. The lowest BCUT2D eigenvalue weighted by atomic mass is 9.93. The zero-order valence-electron chi connectivity index (χ0n) is 24.0. The first kappa shape index (κ1) is 29.9. The molecular weight excluding hydrogens is 552 g/mol. The quantitative estimate of drug-likeness (QED) is 0.310. The number of sulfonamides is 1. The van der Waals surface area contributed by atoms with Gasteiger partial charge in [-0.25, -0.2) is 13.2 Å². The second-order valence-corrected chi connectivity index (χ2v) is 13.1. The van der Waals surface area contributed by atoms with Gasteiger partial charge in [0.05, 0.1) is 12.4 Å². The van der Waals surface area contributed by atoms with E-state index in [4.69, 9.17) is 4.74 Å². The zero-order chi connectivity index (χ0) is 29.5. The molecule has 224 valence electrons. The van der Waals surface area contributed by atoms with Gasteiger partial charge in [-0.2, -0.15) is 0 Å². The Balaban J connectivity index is 1.14. The lowest BCUT2D eigenvalue weighted by Crippen LogP contribution is -2.53. The summed E-state index contributed by atoms with van der Waals surface area (Å²) in [5.41, 5.74) is 2.59. The summed E-state index contributed by atoms with van der Waals surface area (Å²) in [5.74, 6) is 1.33. The topological polar surface area (TPSA) is 111 Å². The molecule has 3 aromatic rings. The Kier molecular flexibility index (Phi) is 9.66. The number of rotatable bonds is 9. The number of anilines is 2. The van der Waals surface area contributed by atoms with E-state index in [1.165, 1.54) is 5.56 Å². The maximum absolute atomic E-state index is 13.5. The number of aliphatic hydroxyl groups is 1. The van der Waals surface area contributed by atoms with E-state index in [2.05, 4.69) is 27.1 Å². The summed E-state index contributed by atoms with van der Waals surface area (Å²) in [7, 11) is -3.32. The van der Waals surface area contributed by atoms with Gasteiger partial charge in [-0.15, -0.1) is 0 Å². The highest BCUT2D eigenvalue weighted by atomic mass is 32.2. The van der Waals surface area contributed by atoms with Crippen LogP contribution in [0.25, 0.3) is 0 Å². The Bertz CT molecular complexity index is 1400. The van der Waals surface area contributed by atoms with Crippen LogP contribution in [-0.4, -0.2) is 62.0 Å². The average molecular weight is 593 g/mol. The van der Waals surface area contributed by atoms with Gasteiger partial charge in [-0.1, -0.05) is 30.3 Å². The Hall–Kier alpha value is -3.60. The maximum Gasteiger partial charge on any atom is 0.322 e. The highest BCUT2D eigenvalue weighted by molar-refractivity contribution is 7.92. The number of urea groups is 1. The van der Waals surface area contributed by atoms with Crippen LogP contribution < -0.4 is 19.7 Å². The van der Waals surface area contributed by atoms with Crippen molar-refractivity contribution >= 4 is 27.4 Å². The number of benzene rings is 3. The molecular formula is C32H40N4O5S. The van der Waals surface area contributed by atoms with E-state index in [0.717, 1.165) is 70.1 Å². The van der Waals surface area contributed by atoms with E-state index in [9.17, 15) is 18.3 Å². The van der Waals surface area contributed by atoms with Crippen molar-refractivity contribution in [2.75, 3.05) is 29.0 Å². The molecule has 5 rings (SSSR count). The zero-order valence-corrected chi connectivity index (χ0v) is 24.8. The van der Waals surface area contributed by atoms with Gasteiger partial charge in [0.1, 0.15) is 11.5 Å². The molecule has 1 saturated carbocycles. The van der Waals surface area contributed by atoms with Crippen LogP contribution in [0, 0.1) is 0 Å². The largest absolute Gasteiger partial charge is 0.457 e. The maximum atomic E-state index is 13.5. The van der Waals surface area contributed by atoms with E-state index in [1.807, 2.05) is 47.4 Å². The molecule has 0 radical (unpaired) electrons. The summed E-state index contributed by atoms with van der Waals surface area (Å²) < 4.78 is 31.1. The second-order valence-electron chi connectivity index (χ2n) is 11.3. The molecule has 1 saturated heterocycles. The minimum absolute atomic E-state index is 0.0436. The predicted molar refractivity (Wildman–Crippen MR) is 165 cm³/mol. The van der Waals surface area contributed by atoms with Crippen LogP contribution in [0.15, 0.2) is 78.9 Å². The minimum Gasteiger partial charge on any atom is -0.457 e. The fourth-order valence-corrected chi connectivity index (χ4v) is 6.31. The highest BCUT2D eigenvalue weighted by Gasteiger charge is 2.31. The minimum atomic E-state index is -3.32. The van der Waals surface area contributed by atoms with Crippen LogP contribution in [0.2, 0.25) is 0 Å². The molecule has 2 fully saturated rings. The summed E-state index contributed by atoms with van der Waals surface area (Å²) in [5, 5.41) is 13.1. The molecule has 1 aliphatic carbocycles. The van der Waals surface area contributed by atoms with E-state index in [0.29, 0.717) is 17.2 Å². The molecule has 0 aromatic heterocycles. The van der Waals surface area contributed by atoms with Gasteiger partial charge in [-0.3, -0.25) is 14.5 Å². The van der Waals surface area contributed by atoms with E-state index in [1.54, 1.807) is 24.3 Å². The number of amides is 2. The molecule has 2 aliphatic rings. The highest BCUT2D eigenvalue weighted by Crippen LogP contribution is 2.27. The van der Waals surface area contributed by atoms with Crippen LogP contribution in [-0.2, 0) is 16.6 Å². The van der Waals surface area contributed by atoms with Crippen molar-refractivity contribution in [2.45, 2.75) is 63.3 Å². The fourth-order valence-electron chi connectivity index (χ4n) is 5.74. The molecule has 0 bridgehead atoms. The average Bonchev–Trinajstić information content (AvgIpc) is 2.97. The number of piperidine rings is 1. The third-order valence-electron chi connectivity index (χ3n) is 7.92. The van der Waals surface area contributed by atoms with E-state index < -0.39 is 10.0 Å². The monoisotopic (exact) mass is 592 g/mol.